The minimum Gasteiger partial charge on any atom is -0.456 e. The largest absolute Gasteiger partial charge is 0.456 e. The zero-order chi connectivity index (χ0) is 43.1. The second-order valence-corrected chi connectivity index (χ2v) is 13.5. The van der Waals surface area contributed by atoms with E-state index in [0.29, 0.717) is 22.4 Å². The molecule has 0 fully saturated rings. The van der Waals surface area contributed by atoms with Gasteiger partial charge < -0.3 is 8.98 Å². The van der Waals surface area contributed by atoms with E-state index in [1.165, 1.54) is 0 Å². The van der Waals surface area contributed by atoms with Crippen molar-refractivity contribution in [1.82, 2.24) is 19.5 Å². The summed E-state index contributed by atoms with van der Waals surface area (Å²) in [5.41, 5.74) is 7.31. The van der Waals surface area contributed by atoms with E-state index in [1.54, 1.807) is 4.57 Å². The summed E-state index contributed by atoms with van der Waals surface area (Å²) in [7, 11) is 0. The second-order valence-electron chi connectivity index (χ2n) is 13.5. The molecule has 0 aliphatic rings. The summed E-state index contributed by atoms with van der Waals surface area (Å²) in [6, 6.07) is 46.0. The highest BCUT2D eigenvalue weighted by Crippen LogP contribution is 2.39. The van der Waals surface area contributed by atoms with Crippen molar-refractivity contribution in [2.24, 2.45) is 0 Å². The molecule has 0 bridgehead atoms. The summed E-state index contributed by atoms with van der Waals surface area (Å²) in [6.45, 7) is 0. The zero-order valence-corrected chi connectivity index (χ0v) is 29.6. The number of aromatic nitrogens is 4. The van der Waals surface area contributed by atoms with Crippen molar-refractivity contribution < 1.29 is 14.0 Å². The van der Waals surface area contributed by atoms with Crippen LogP contribution in [0.3, 0.4) is 0 Å². The van der Waals surface area contributed by atoms with Gasteiger partial charge in [0.1, 0.15) is 11.2 Å². The van der Waals surface area contributed by atoms with Gasteiger partial charge in [0.05, 0.1) is 20.6 Å². The van der Waals surface area contributed by atoms with E-state index < -0.39 is 12.1 Å². The standard InChI is InChI=1S/C51H32N4O/c1-4-13-33(14-5-1)34-23-27-39(28-24-34)55-44-21-11-10-19-41(44)42-29-25-37(31-45(42)55)50-52-49(36-17-8-3-9-18-36)53-51(54-50)38-26-30-43-47(32-38)56-46-22-12-20-40(48(43)46)35-15-6-2-7-16-35/h1-32H/i10D,11D,19D,21D,25D,29D,31D. The fraction of sp³-hybridized carbons (Fsp3) is 0. The van der Waals surface area contributed by atoms with Crippen molar-refractivity contribution >= 4 is 43.7 Å². The van der Waals surface area contributed by atoms with E-state index in [0.717, 1.165) is 38.6 Å². The second kappa shape index (κ2) is 13.0. The van der Waals surface area contributed by atoms with Gasteiger partial charge in [0.15, 0.2) is 17.5 Å². The first-order chi connectivity index (χ1) is 30.7. The first-order valence-electron chi connectivity index (χ1n) is 21.7. The Morgan fingerprint density at radius 3 is 1.79 bits per heavy atom. The van der Waals surface area contributed by atoms with Crippen LogP contribution in [-0.4, -0.2) is 19.5 Å². The third kappa shape index (κ3) is 5.37. The van der Waals surface area contributed by atoms with Gasteiger partial charge in [-0.05, 0) is 64.7 Å². The highest BCUT2D eigenvalue weighted by Gasteiger charge is 2.19. The van der Waals surface area contributed by atoms with Crippen LogP contribution in [-0.2, 0) is 0 Å². The highest BCUT2D eigenvalue weighted by atomic mass is 16.3. The number of furan rings is 1. The van der Waals surface area contributed by atoms with Crippen molar-refractivity contribution in [3.05, 3.63) is 194 Å². The molecule has 0 unspecified atom stereocenters. The Morgan fingerprint density at radius 2 is 1.04 bits per heavy atom. The number of hydrogen-bond donors (Lipinski definition) is 0. The van der Waals surface area contributed by atoms with Gasteiger partial charge in [-0.25, -0.2) is 15.0 Å². The predicted molar refractivity (Wildman–Crippen MR) is 229 cm³/mol. The fourth-order valence-corrected chi connectivity index (χ4v) is 7.47. The Morgan fingerprint density at radius 1 is 0.429 bits per heavy atom. The van der Waals surface area contributed by atoms with E-state index >= 15 is 0 Å². The van der Waals surface area contributed by atoms with Crippen LogP contribution < -0.4 is 0 Å². The average molecular weight is 724 g/mol. The lowest BCUT2D eigenvalue weighted by Crippen LogP contribution is -2.00. The average Bonchev–Trinajstić information content (AvgIpc) is 3.90. The van der Waals surface area contributed by atoms with Gasteiger partial charge in [-0.15, -0.1) is 0 Å². The van der Waals surface area contributed by atoms with Gasteiger partial charge in [0.2, 0.25) is 0 Å². The number of nitrogens with zero attached hydrogens (tertiary/aromatic N) is 4. The van der Waals surface area contributed by atoms with E-state index in [2.05, 4.69) is 18.2 Å². The van der Waals surface area contributed by atoms with Crippen LogP contribution in [0, 0.1) is 0 Å². The van der Waals surface area contributed by atoms with E-state index in [9.17, 15) is 4.11 Å². The number of rotatable bonds is 6. The lowest BCUT2D eigenvalue weighted by Gasteiger charge is -2.11. The summed E-state index contributed by atoms with van der Waals surface area (Å²) in [6.07, 6.45) is 0. The van der Waals surface area contributed by atoms with E-state index in [4.69, 9.17) is 24.9 Å². The Kier molecular flexibility index (Phi) is 5.92. The Balaban J connectivity index is 1.16. The monoisotopic (exact) mass is 723 g/mol. The molecule has 3 aromatic heterocycles. The number of benzene rings is 8. The van der Waals surface area contributed by atoms with Crippen molar-refractivity contribution in [1.29, 1.82) is 0 Å². The number of para-hydroxylation sites is 1. The van der Waals surface area contributed by atoms with Crippen LogP contribution in [0.4, 0.5) is 0 Å². The van der Waals surface area contributed by atoms with Gasteiger partial charge in [-0.1, -0.05) is 152 Å². The van der Waals surface area contributed by atoms with Gasteiger partial charge in [-0.2, -0.15) is 0 Å². The SMILES string of the molecule is [2H]c1c([2H])c([2H])c2c(c1[2H])c1c([2H])c([2H])c(-c3nc(-c4ccccc4)nc(-c4ccc5c(c4)oc4cccc(-c6ccccc6)c45)n3)c([2H])c1n2-c1ccc(-c2ccccc2)cc1. The molecular formula is C51H32N4O. The molecular weight excluding hydrogens is 685 g/mol. The molecule has 0 N–H and O–H groups in total. The lowest BCUT2D eigenvalue weighted by atomic mass is 9.99. The first-order valence-corrected chi connectivity index (χ1v) is 18.2. The molecule has 8 aromatic carbocycles. The molecule has 0 radical (unpaired) electrons. The molecule has 5 nitrogen and oxygen atoms in total. The van der Waals surface area contributed by atoms with Gasteiger partial charge >= 0.3 is 0 Å². The molecule has 0 atom stereocenters. The summed E-state index contributed by atoms with van der Waals surface area (Å²) < 4.78 is 72.3. The van der Waals surface area contributed by atoms with E-state index in [1.807, 2.05) is 133 Å². The fourth-order valence-electron chi connectivity index (χ4n) is 7.47. The number of hydrogen-bond acceptors (Lipinski definition) is 4. The molecule has 0 aliphatic carbocycles. The van der Waals surface area contributed by atoms with Crippen LogP contribution in [0.15, 0.2) is 198 Å². The van der Waals surface area contributed by atoms with Crippen LogP contribution in [0.5, 0.6) is 0 Å². The van der Waals surface area contributed by atoms with Crippen molar-refractivity contribution in [3.8, 4) is 62.1 Å². The molecule has 11 aromatic rings. The molecule has 11 rings (SSSR count). The smallest absolute Gasteiger partial charge is 0.164 e. The molecule has 0 amide bonds. The minimum absolute atomic E-state index is 0.0175. The summed E-state index contributed by atoms with van der Waals surface area (Å²) in [4.78, 5) is 14.7. The van der Waals surface area contributed by atoms with Crippen LogP contribution in [0.1, 0.15) is 9.60 Å². The molecule has 262 valence electrons. The van der Waals surface area contributed by atoms with Crippen LogP contribution in [0.2, 0.25) is 0 Å². The Bertz CT molecular complexity index is 3630. The molecule has 0 saturated carbocycles. The molecule has 0 aliphatic heterocycles. The first kappa shape index (κ1) is 25.4. The van der Waals surface area contributed by atoms with Gasteiger partial charge in [0.25, 0.3) is 0 Å². The lowest BCUT2D eigenvalue weighted by molar-refractivity contribution is 0.669. The summed E-state index contributed by atoms with van der Waals surface area (Å²) in [5, 5.41) is 2.01. The van der Waals surface area contributed by atoms with Crippen molar-refractivity contribution in [3.63, 3.8) is 0 Å². The van der Waals surface area contributed by atoms with Crippen LogP contribution in [0.25, 0.3) is 106 Å². The topological polar surface area (TPSA) is 56.7 Å². The minimum atomic E-state index is -0.472. The predicted octanol–water partition coefficient (Wildman–Crippen LogP) is 13.2. The van der Waals surface area contributed by atoms with E-state index in [-0.39, 0.29) is 75.1 Å². The summed E-state index contributed by atoms with van der Waals surface area (Å²) in [5.74, 6) is 0.524. The van der Waals surface area contributed by atoms with Crippen LogP contribution >= 0.6 is 0 Å². The molecule has 56 heavy (non-hydrogen) atoms. The molecule has 0 spiro atoms. The third-order valence-corrected chi connectivity index (χ3v) is 10.1. The highest BCUT2D eigenvalue weighted by molar-refractivity contribution is 6.13. The van der Waals surface area contributed by atoms with Gasteiger partial charge in [-0.3, -0.25) is 0 Å². The normalized spacial score (nSPS) is 13.3. The maximum atomic E-state index is 9.92. The molecule has 0 saturated heterocycles. The molecule has 5 heteroatoms. The maximum Gasteiger partial charge on any atom is 0.164 e. The van der Waals surface area contributed by atoms with Crippen molar-refractivity contribution in [2.75, 3.05) is 0 Å². The Hall–Kier alpha value is -7.63. The third-order valence-electron chi connectivity index (χ3n) is 10.1. The molecule has 3 heterocycles. The van der Waals surface area contributed by atoms with Crippen molar-refractivity contribution in [2.45, 2.75) is 0 Å². The quantitative estimate of drug-likeness (QED) is 0.171. The number of fused-ring (bicyclic) bond motifs is 6. The summed E-state index contributed by atoms with van der Waals surface area (Å²) >= 11 is 0. The maximum absolute atomic E-state index is 9.92. The van der Waals surface area contributed by atoms with Gasteiger partial charge in [0, 0.05) is 43.9 Å². The Labute approximate surface area is 332 Å². The zero-order valence-electron chi connectivity index (χ0n) is 36.6.